The van der Waals surface area contributed by atoms with Crippen LogP contribution in [0.1, 0.15) is 34.1 Å². The Morgan fingerprint density at radius 2 is 1.88 bits per heavy atom. The lowest BCUT2D eigenvalue weighted by Gasteiger charge is -2.19. The number of allylic oxidation sites excluding steroid dienone is 5. The van der Waals surface area contributed by atoms with Gasteiger partial charge in [0.05, 0.1) is 29.4 Å². The molecule has 0 fully saturated rings. The van der Waals surface area contributed by atoms with Crippen LogP contribution in [0, 0.1) is 17.2 Å². The average molecular weight is 320 g/mol. The minimum absolute atomic E-state index is 0.121. The fourth-order valence-corrected chi connectivity index (χ4v) is 2.66. The second-order valence-electron chi connectivity index (χ2n) is 5.74. The first-order chi connectivity index (χ1) is 11.6. The van der Waals surface area contributed by atoms with Gasteiger partial charge in [0.2, 0.25) is 0 Å². The van der Waals surface area contributed by atoms with Crippen molar-refractivity contribution in [2.24, 2.45) is 5.92 Å². The van der Waals surface area contributed by atoms with Gasteiger partial charge >= 0.3 is 0 Å². The molecule has 1 unspecified atom stereocenters. The minimum Gasteiger partial charge on any atom is -0.266 e. The molecule has 1 aromatic carbocycles. The molecule has 5 heteroatoms. The highest BCUT2D eigenvalue weighted by atomic mass is 16.7. The number of hydrogen-bond acceptors (Lipinski definition) is 4. The Hall–Kier alpha value is -2.97. The van der Waals surface area contributed by atoms with E-state index >= 15 is 0 Å². The molecule has 0 radical (unpaired) electrons. The molecule has 5 nitrogen and oxygen atoms in total. The van der Waals surface area contributed by atoms with Crippen LogP contribution in [-0.4, -0.2) is 23.5 Å². The number of fused-ring (bicyclic) bond motifs is 1. The fraction of sp³-hybridized carbons (Fsp3) is 0.211. The van der Waals surface area contributed by atoms with Crippen LogP contribution in [-0.2, 0) is 4.84 Å². The monoisotopic (exact) mass is 320 g/mol. The maximum Gasteiger partial charge on any atom is 0.285 e. The van der Waals surface area contributed by atoms with Crippen molar-refractivity contribution >= 4 is 11.8 Å². The summed E-state index contributed by atoms with van der Waals surface area (Å²) in [6.07, 6.45) is 8.03. The molecule has 120 valence electrons. The number of nitrogens with zero attached hydrogens (tertiary/aromatic N) is 2. The van der Waals surface area contributed by atoms with E-state index < -0.39 is 11.8 Å². The number of imide groups is 1. The van der Waals surface area contributed by atoms with Crippen molar-refractivity contribution in [3.05, 3.63) is 70.8 Å². The highest BCUT2D eigenvalue weighted by Crippen LogP contribution is 2.25. The van der Waals surface area contributed by atoms with Gasteiger partial charge in [-0.1, -0.05) is 31.2 Å². The summed E-state index contributed by atoms with van der Waals surface area (Å²) in [5.41, 5.74) is 2.19. The first-order valence-electron chi connectivity index (χ1n) is 7.70. The van der Waals surface area contributed by atoms with Crippen molar-refractivity contribution in [3.63, 3.8) is 0 Å². The molecule has 3 rings (SSSR count). The van der Waals surface area contributed by atoms with Gasteiger partial charge in [-0.25, -0.2) is 0 Å². The van der Waals surface area contributed by atoms with Crippen LogP contribution in [0.2, 0.25) is 0 Å². The predicted octanol–water partition coefficient (Wildman–Crippen LogP) is 3.19. The number of carbonyl (C=O) groups excluding carboxylic acids is 2. The third-order valence-corrected chi connectivity index (χ3v) is 4.14. The van der Waals surface area contributed by atoms with E-state index in [0.717, 1.165) is 17.1 Å². The number of nitriles is 1. The summed E-state index contributed by atoms with van der Waals surface area (Å²) in [4.78, 5) is 30.1. The zero-order valence-corrected chi connectivity index (χ0v) is 13.2. The van der Waals surface area contributed by atoms with Crippen LogP contribution in [0.4, 0.5) is 0 Å². The van der Waals surface area contributed by atoms with Crippen molar-refractivity contribution in [2.75, 3.05) is 6.61 Å². The standard InChI is InChI=1S/C19H16N2O3/c1-13-5-4-6-14(11-20)9-10-15(13)12-24-21-18(22)16-7-2-3-8-17(16)19(21)23/h2-4,6-10,13H,5,12H2,1H3/b6-4+,14-9+,15-10-. The Labute approximate surface area is 140 Å². The minimum atomic E-state index is -0.442. The zero-order chi connectivity index (χ0) is 17.1. The van der Waals surface area contributed by atoms with Gasteiger partial charge in [-0.2, -0.15) is 5.26 Å². The van der Waals surface area contributed by atoms with Crippen LogP contribution >= 0.6 is 0 Å². The molecule has 0 spiro atoms. The Morgan fingerprint density at radius 1 is 1.21 bits per heavy atom. The quantitative estimate of drug-likeness (QED) is 0.802. The summed E-state index contributed by atoms with van der Waals surface area (Å²) in [5, 5.41) is 9.83. The van der Waals surface area contributed by atoms with E-state index in [-0.39, 0.29) is 12.5 Å². The molecule has 0 aromatic heterocycles. The average Bonchev–Trinajstić information content (AvgIpc) is 2.83. The lowest BCUT2D eigenvalue weighted by Crippen LogP contribution is -2.31. The smallest absolute Gasteiger partial charge is 0.266 e. The van der Waals surface area contributed by atoms with Gasteiger partial charge in [0.15, 0.2) is 0 Å². The molecule has 0 bridgehead atoms. The van der Waals surface area contributed by atoms with Crippen LogP contribution in [0.3, 0.4) is 0 Å². The van der Waals surface area contributed by atoms with Gasteiger partial charge in [0, 0.05) is 0 Å². The molecule has 24 heavy (non-hydrogen) atoms. The van der Waals surface area contributed by atoms with E-state index in [4.69, 9.17) is 10.1 Å². The van der Waals surface area contributed by atoms with E-state index in [9.17, 15) is 9.59 Å². The molecule has 1 aromatic rings. The number of hydrogen-bond donors (Lipinski definition) is 0. The molecule has 1 aliphatic heterocycles. The van der Waals surface area contributed by atoms with E-state index in [1.807, 2.05) is 19.1 Å². The van der Waals surface area contributed by atoms with Crippen molar-refractivity contribution < 1.29 is 14.4 Å². The van der Waals surface area contributed by atoms with Crippen LogP contribution in [0.15, 0.2) is 59.7 Å². The van der Waals surface area contributed by atoms with Gasteiger partial charge in [-0.3, -0.25) is 14.4 Å². The number of amides is 2. The summed E-state index contributed by atoms with van der Waals surface area (Å²) in [6.45, 7) is 2.16. The molecule has 0 N–H and O–H groups in total. The topological polar surface area (TPSA) is 70.4 Å². The normalized spacial score (nSPS) is 25.7. The first-order valence-corrected chi connectivity index (χ1v) is 7.70. The molecule has 2 aliphatic rings. The molecule has 0 saturated carbocycles. The Morgan fingerprint density at radius 3 is 2.50 bits per heavy atom. The van der Waals surface area contributed by atoms with E-state index in [1.165, 1.54) is 0 Å². The summed E-state index contributed by atoms with van der Waals surface area (Å²) in [7, 11) is 0. The maximum absolute atomic E-state index is 12.3. The van der Waals surface area contributed by atoms with E-state index in [2.05, 4.69) is 6.07 Å². The molecule has 2 amide bonds. The molecule has 1 aliphatic carbocycles. The van der Waals surface area contributed by atoms with Gasteiger partial charge < -0.3 is 0 Å². The lowest BCUT2D eigenvalue weighted by molar-refractivity contribution is -0.0839. The van der Waals surface area contributed by atoms with Gasteiger partial charge in [0.25, 0.3) is 11.8 Å². The van der Waals surface area contributed by atoms with Crippen molar-refractivity contribution in [2.45, 2.75) is 13.3 Å². The van der Waals surface area contributed by atoms with Gasteiger partial charge in [0.1, 0.15) is 0 Å². The molecular weight excluding hydrogens is 304 g/mol. The van der Waals surface area contributed by atoms with Gasteiger partial charge in [-0.05, 0) is 42.2 Å². The molecule has 1 atom stereocenters. The van der Waals surface area contributed by atoms with Crippen molar-refractivity contribution in [1.29, 1.82) is 5.26 Å². The molecule has 0 saturated heterocycles. The molecular formula is C19H16N2O3. The summed E-state index contributed by atoms with van der Waals surface area (Å²) in [5.74, 6) is -0.696. The molecule has 1 heterocycles. The number of carbonyl (C=O) groups is 2. The third-order valence-electron chi connectivity index (χ3n) is 4.14. The summed E-state index contributed by atoms with van der Waals surface area (Å²) >= 11 is 0. The van der Waals surface area contributed by atoms with Crippen molar-refractivity contribution in [3.8, 4) is 6.07 Å². The number of rotatable bonds is 3. The summed E-state index contributed by atoms with van der Waals surface area (Å²) in [6, 6.07) is 8.76. The first kappa shape index (κ1) is 15.9. The van der Waals surface area contributed by atoms with Gasteiger partial charge in [-0.15, -0.1) is 5.06 Å². The lowest BCUT2D eigenvalue weighted by atomic mass is 9.95. The third kappa shape index (κ3) is 2.92. The Balaban J connectivity index is 1.75. The number of hydroxylamine groups is 2. The SMILES string of the molecule is CC1C/C=C/C(C#N)=C\C=C/1CON1C(=O)c2ccccc2C1=O. The maximum atomic E-state index is 12.3. The predicted molar refractivity (Wildman–Crippen MR) is 87.6 cm³/mol. The summed E-state index contributed by atoms with van der Waals surface area (Å²) < 4.78 is 0. The highest BCUT2D eigenvalue weighted by molar-refractivity contribution is 6.20. The van der Waals surface area contributed by atoms with Crippen molar-refractivity contribution in [1.82, 2.24) is 5.06 Å². The van der Waals surface area contributed by atoms with Crippen LogP contribution < -0.4 is 0 Å². The highest BCUT2D eigenvalue weighted by Gasteiger charge is 2.36. The second kappa shape index (κ2) is 6.65. The Bertz CT molecular complexity index is 792. The van der Waals surface area contributed by atoms with E-state index in [1.54, 1.807) is 36.4 Å². The van der Waals surface area contributed by atoms with Crippen LogP contribution in [0.5, 0.6) is 0 Å². The van der Waals surface area contributed by atoms with Crippen LogP contribution in [0.25, 0.3) is 0 Å². The second-order valence-corrected chi connectivity index (χ2v) is 5.74. The fourth-order valence-electron chi connectivity index (χ4n) is 2.66. The Kier molecular flexibility index (Phi) is 4.41. The zero-order valence-electron chi connectivity index (χ0n) is 13.2. The largest absolute Gasteiger partial charge is 0.285 e. The van der Waals surface area contributed by atoms with E-state index in [0.29, 0.717) is 16.7 Å². The number of benzene rings is 1.